The lowest BCUT2D eigenvalue weighted by Gasteiger charge is -2.16. The minimum atomic E-state index is -0.624. The molecule has 0 aromatic heterocycles. The van der Waals surface area contributed by atoms with Gasteiger partial charge in [-0.2, -0.15) is 0 Å². The van der Waals surface area contributed by atoms with Crippen LogP contribution in [0.4, 0.5) is 5.69 Å². The smallest absolute Gasteiger partial charge is 0.341 e. The zero-order valence-electron chi connectivity index (χ0n) is 13.8. The van der Waals surface area contributed by atoms with Crippen LogP contribution in [0, 0.1) is 0 Å². The number of benzene rings is 2. The maximum atomic E-state index is 12.5. The number of amides is 1. The van der Waals surface area contributed by atoms with Gasteiger partial charge in [0.25, 0.3) is 0 Å². The van der Waals surface area contributed by atoms with E-state index in [9.17, 15) is 14.7 Å². The third kappa shape index (κ3) is 4.13. The molecular weight excluding hydrogens is 306 g/mol. The molecule has 0 aliphatic carbocycles. The van der Waals surface area contributed by atoms with Gasteiger partial charge in [0.2, 0.25) is 5.91 Å². The van der Waals surface area contributed by atoms with Gasteiger partial charge in [-0.3, -0.25) is 4.79 Å². The number of hydrogen-bond donors (Lipinski definition) is 2. The van der Waals surface area contributed by atoms with E-state index >= 15 is 0 Å². The maximum Gasteiger partial charge on any atom is 0.341 e. The molecule has 0 radical (unpaired) electrons. The number of nitrogens with one attached hydrogen (secondary N) is 1. The van der Waals surface area contributed by atoms with Gasteiger partial charge in [-0.15, -0.1) is 0 Å². The first kappa shape index (κ1) is 17.5. The van der Waals surface area contributed by atoms with E-state index in [-0.39, 0.29) is 29.7 Å². The molecule has 0 spiro atoms. The minimum absolute atomic E-state index is 0.0300. The van der Waals surface area contributed by atoms with Crippen LogP contribution in [0.3, 0.4) is 0 Å². The summed E-state index contributed by atoms with van der Waals surface area (Å²) in [4.78, 5) is 24.4. The van der Waals surface area contributed by atoms with Gasteiger partial charge in [-0.25, -0.2) is 4.79 Å². The normalized spacial score (nSPS) is 11.6. The Kier molecular flexibility index (Phi) is 5.95. The van der Waals surface area contributed by atoms with Gasteiger partial charge in [0.15, 0.2) is 0 Å². The van der Waals surface area contributed by atoms with E-state index in [1.54, 1.807) is 13.0 Å². The predicted octanol–water partition coefficient (Wildman–Crippen LogP) is 3.70. The lowest BCUT2D eigenvalue weighted by Crippen LogP contribution is -2.21. The van der Waals surface area contributed by atoms with Gasteiger partial charge in [0.1, 0.15) is 11.3 Å². The summed E-state index contributed by atoms with van der Waals surface area (Å²) >= 11 is 0. The molecule has 2 aromatic carbocycles. The summed E-state index contributed by atoms with van der Waals surface area (Å²) in [6.07, 6.45) is 0.651. The average Bonchev–Trinajstić information content (AvgIpc) is 2.58. The minimum Gasteiger partial charge on any atom is -0.507 e. The second-order valence-corrected chi connectivity index (χ2v) is 5.31. The Morgan fingerprint density at radius 2 is 1.83 bits per heavy atom. The lowest BCUT2D eigenvalue weighted by molar-refractivity contribution is -0.117. The topological polar surface area (TPSA) is 75.6 Å². The van der Waals surface area contributed by atoms with E-state index in [1.165, 1.54) is 12.1 Å². The van der Waals surface area contributed by atoms with Crippen molar-refractivity contribution in [3.8, 4) is 5.75 Å². The predicted molar refractivity (Wildman–Crippen MR) is 92.2 cm³/mol. The molecule has 5 nitrogen and oxygen atoms in total. The number of carbonyl (C=O) groups is 2. The highest BCUT2D eigenvalue weighted by Gasteiger charge is 2.20. The van der Waals surface area contributed by atoms with E-state index in [0.29, 0.717) is 12.1 Å². The van der Waals surface area contributed by atoms with Crippen LogP contribution in [0.15, 0.2) is 48.5 Å². The Morgan fingerprint density at radius 1 is 1.12 bits per heavy atom. The number of ether oxygens (including phenoxy) is 1. The fourth-order valence-electron chi connectivity index (χ4n) is 2.47. The third-order valence-electron chi connectivity index (χ3n) is 3.69. The highest BCUT2D eigenvalue weighted by Crippen LogP contribution is 2.25. The summed E-state index contributed by atoms with van der Waals surface area (Å²) in [5.41, 5.74) is 1.40. The highest BCUT2D eigenvalue weighted by atomic mass is 16.5. The Bertz CT molecular complexity index is 713. The largest absolute Gasteiger partial charge is 0.507 e. The van der Waals surface area contributed by atoms with Crippen LogP contribution in [-0.4, -0.2) is 23.6 Å². The molecule has 0 bridgehead atoms. The molecule has 0 saturated carbocycles. The number of carbonyl (C=O) groups excluding carboxylic acids is 2. The van der Waals surface area contributed by atoms with Crippen molar-refractivity contribution in [2.24, 2.45) is 0 Å². The molecule has 2 aromatic rings. The molecule has 2 rings (SSSR count). The van der Waals surface area contributed by atoms with Gasteiger partial charge in [0, 0.05) is 5.69 Å². The molecule has 126 valence electrons. The fourth-order valence-corrected chi connectivity index (χ4v) is 2.47. The summed E-state index contributed by atoms with van der Waals surface area (Å²) in [6, 6.07) is 13.8. The van der Waals surface area contributed by atoms with Crippen molar-refractivity contribution in [3.05, 3.63) is 59.7 Å². The lowest BCUT2D eigenvalue weighted by atomic mass is 9.95. The van der Waals surface area contributed by atoms with Crippen LogP contribution in [0.1, 0.15) is 42.1 Å². The molecule has 0 saturated heterocycles. The van der Waals surface area contributed by atoms with Gasteiger partial charge in [-0.1, -0.05) is 37.3 Å². The zero-order valence-corrected chi connectivity index (χ0v) is 13.8. The number of hydrogen-bond acceptors (Lipinski definition) is 4. The van der Waals surface area contributed by atoms with Crippen LogP contribution in [-0.2, 0) is 9.53 Å². The number of esters is 1. The summed E-state index contributed by atoms with van der Waals surface area (Å²) in [5.74, 6) is -1.25. The first-order chi connectivity index (χ1) is 11.6. The van der Waals surface area contributed by atoms with Crippen molar-refractivity contribution in [3.63, 3.8) is 0 Å². The van der Waals surface area contributed by atoms with E-state index in [2.05, 4.69) is 5.32 Å². The molecule has 0 unspecified atom stereocenters. The molecule has 5 heteroatoms. The van der Waals surface area contributed by atoms with Gasteiger partial charge in [0.05, 0.1) is 12.5 Å². The van der Waals surface area contributed by atoms with Crippen LogP contribution >= 0.6 is 0 Å². The average molecular weight is 327 g/mol. The first-order valence-electron chi connectivity index (χ1n) is 7.92. The van der Waals surface area contributed by atoms with E-state index in [1.807, 2.05) is 37.3 Å². The standard InChI is InChI=1S/C19H21NO4/c1-3-15(13-8-6-5-7-9-13)18(22)20-14-10-11-17(21)16(12-14)19(23)24-4-2/h5-12,15,21H,3-4H2,1-2H3,(H,20,22)/t15-/m1/s1. The first-order valence-corrected chi connectivity index (χ1v) is 7.92. The van der Waals surface area contributed by atoms with Gasteiger partial charge < -0.3 is 15.2 Å². The van der Waals surface area contributed by atoms with Gasteiger partial charge in [-0.05, 0) is 37.1 Å². The van der Waals surface area contributed by atoms with Crippen LogP contribution < -0.4 is 5.32 Å². The molecular formula is C19H21NO4. The third-order valence-corrected chi connectivity index (χ3v) is 3.69. The molecule has 0 aliphatic heterocycles. The fraction of sp³-hybridized carbons (Fsp3) is 0.263. The summed E-state index contributed by atoms with van der Waals surface area (Å²) < 4.78 is 4.90. The van der Waals surface area contributed by atoms with Crippen molar-refractivity contribution in [2.45, 2.75) is 26.2 Å². The Balaban J connectivity index is 2.19. The highest BCUT2D eigenvalue weighted by molar-refractivity contribution is 5.98. The molecule has 0 heterocycles. The molecule has 1 amide bonds. The Labute approximate surface area is 141 Å². The molecule has 1 atom stereocenters. The van der Waals surface area contributed by atoms with Crippen molar-refractivity contribution in [2.75, 3.05) is 11.9 Å². The summed E-state index contributed by atoms with van der Waals surface area (Å²) in [6.45, 7) is 3.84. The van der Waals surface area contributed by atoms with Crippen molar-refractivity contribution < 1.29 is 19.4 Å². The van der Waals surface area contributed by atoms with E-state index in [0.717, 1.165) is 5.56 Å². The van der Waals surface area contributed by atoms with Crippen LogP contribution in [0.25, 0.3) is 0 Å². The quantitative estimate of drug-likeness (QED) is 0.626. The number of phenolic OH excluding ortho intramolecular Hbond substituents is 1. The van der Waals surface area contributed by atoms with Crippen molar-refractivity contribution in [1.29, 1.82) is 0 Å². The monoisotopic (exact) mass is 327 g/mol. The van der Waals surface area contributed by atoms with Crippen molar-refractivity contribution in [1.82, 2.24) is 0 Å². The molecule has 2 N–H and O–H groups in total. The molecule has 0 fully saturated rings. The van der Waals surface area contributed by atoms with Crippen molar-refractivity contribution >= 4 is 17.6 Å². The number of anilines is 1. The van der Waals surface area contributed by atoms with Gasteiger partial charge >= 0.3 is 5.97 Å². The Hall–Kier alpha value is -2.82. The number of aromatic hydroxyl groups is 1. The van der Waals surface area contributed by atoms with E-state index in [4.69, 9.17) is 4.74 Å². The second kappa shape index (κ2) is 8.15. The SMILES string of the molecule is CCOC(=O)c1cc(NC(=O)[C@H](CC)c2ccccc2)ccc1O. The second-order valence-electron chi connectivity index (χ2n) is 5.31. The Morgan fingerprint density at radius 3 is 2.46 bits per heavy atom. The summed E-state index contributed by atoms with van der Waals surface area (Å²) in [7, 11) is 0. The summed E-state index contributed by atoms with van der Waals surface area (Å²) in [5, 5.41) is 12.6. The molecule has 0 aliphatic rings. The van der Waals surface area contributed by atoms with E-state index < -0.39 is 5.97 Å². The molecule has 24 heavy (non-hydrogen) atoms. The maximum absolute atomic E-state index is 12.5. The number of rotatable bonds is 6. The number of phenols is 1. The van der Waals surface area contributed by atoms with Crippen LogP contribution in [0.5, 0.6) is 5.75 Å². The zero-order chi connectivity index (χ0) is 17.5. The van der Waals surface area contributed by atoms with Crippen LogP contribution in [0.2, 0.25) is 0 Å².